The van der Waals surface area contributed by atoms with Gasteiger partial charge in [0.1, 0.15) is 0 Å². The fourth-order valence-corrected chi connectivity index (χ4v) is 0.388. The summed E-state index contributed by atoms with van der Waals surface area (Å²) in [4.78, 5) is 7.31. The average Bonchev–Trinajstić information content (AvgIpc) is 1.86. The Morgan fingerprint density at radius 3 is 2.00 bits per heavy atom. The molecule has 1 aliphatic rings. The molecule has 0 bridgehead atoms. The minimum atomic E-state index is -0.343. The van der Waals surface area contributed by atoms with E-state index in [9.17, 15) is 0 Å². The van der Waals surface area contributed by atoms with Crippen molar-refractivity contribution in [3.63, 3.8) is 0 Å². The van der Waals surface area contributed by atoms with Crippen LogP contribution in [-0.2, 0) is 0 Å². The van der Waals surface area contributed by atoms with Gasteiger partial charge in [-0.1, -0.05) is 11.6 Å². The third kappa shape index (κ3) is 0.571. The number of nitrogens with zero attached hydrogens (tertiary/aromatic N) is 2. The molecule has 0 radical (unpaired) electrons. The number of halogens is 1. The van der Waals surface area contributed by atoms with Crippen molar-refractivity contribution < 1.29 is 0 Å². The number of hydrogen-bond donors (Lipinski definition) is 0. The van der Waals surface area contributed by atoms with Crippen molar-refractivity contribution in [1.29, 1.82) is 0 Å². The summed E-state index contributed by atoms with van der Waals surface area (Å²) in [5.41, 5.74) is -0.343. The molecule has 0 aliphatic carbocycles. The van der Waals surface area contributed by atoms with Crippen LogP contribution in [-0.4, -0.2) is 18.1 Å². The Morgan fingerprint density at radius 1 is 1.33 bits per heavy atom. The molecule has 0 amide bonds. The van der Waals surface area contributed by atoms with Gasteiger partial charge in [-0.25, -0.2) is 9.98 Å². The largest absolute Gasteiger partial charge is 0.250 e. The Kier molecular flexibility index (Phi) is 0.881. The second kappa shape index (κ2) is 1.39. The van der Waals surface area contributed by atoms with E-state index in [1.807, 2.05) is 0 Å². The molecule has 2 nitrogen and oxygen atoms in total. The van der Waals surface area contributed by atoms with E-state index in [1.54, 1.807) is 12.4 Å². The lowest BCUT2D eigenvalue weighted by atomic mass is 10.9. The first-order valence-electron chi connectivity index (χ1n) is 1.58. The van der Waals surface area contributed by atoms with Gasteiger partial charge in [0.2, 0.25) is 5.62 Å². The van der Waals surface area contributed by atoms with Crippen LogP contribution in [0.5, 0.6) is 0 Å². The van der Waals surface area contributed by atoms with Crippen LogP contribution in [0, 0.1) is 0 Å². The van der Waals surface area contributed by atoms with Crippen LogP contribution in [0.4, 0.5) is 0 Å². The zero-order valence-electron chi connectivity index (χ0n) is 3.00. The molecule has 0 spiro atoms. The molecule has 0 aromatic rings. The van der Waals surface area contributed by atoms with E-state index in [-0.39, 0.29) is 5.62 Å². The summed E-state index contributed by atoms with van der Waals surface area (Å²) in [5.74, 6) is 0. The summed E-state index contributed by atoms with van der Waals surface area (Å²) in [7, 11) is 0. The van der Waals surface area contributed by atoms with Crippen molar-refractivity contribution in [3.05, 3.63) is 0 Å². The third-order valence-corrected chi connectivity index (χ3v) is 0.710. The van der Waals surface area contributed by atoms with Crippen LogP contribution < -0.4 is 0 Å². The lowest BCUT2D eigenvalue weighted by molar-refractivity contribution is 1.01. The van der Waals surface area contributed by atoms with Crippen LogP contribution in [0.1, 0.15) is 0 Å². The highest BCUT2D eigenvalue weighted by atomic mass is 35.5. The van der Waals surface area contributed by atoms with E-state index in [0.29, 0.717) is 0 Å². The SMILES string of the molecule is ClC1N=CC=N1. The summed E-state index contributed by atoms with van der Waals surface area (Å²) < 4.78 is 0. The lowest BCUT2D eigenvalue weighted by Crippen LogP contribution is -1.76. The average molecular weight is 103 g/mol. The van der Waals surface area contributed by atoms with E-state index in [4.69, 9.17) is 11.6 Å². The molecule has 0 atom stereocenters. The third-order valence-electron chi connectivity index (χ3n) is 0.485. The van der Waals surface area contributed by atoms with Crippen LogP contribution >= 0.6 is 11.6 Å². The minimum absolute atomic E-state index is 0.343. The van der Waals surface area contributed by atoms with Gasteiger partial charge in [-0.2, -0.15) is 0 Å². The molecule has 0 aromatic heterocycles. The van der Waals surface area contributed by atoms with Crippen molar-refractivity contribution in [1.82, 2.24) is 0 Å². The topological polar surface area (TPSA) is 24.7 Å². The molecule has 1 aliphatic heterocycles. The van der Waals surface area contributed by atoms with Crippen LogP contribution in [0.3, 0.4) is 0 Å². The number of alkyl halides is 1. The Labute approximate surface area is 40.6 Å². The highest BCUT2D eigenvalue weighted by Gasteiger charge is 1.94. The number of hydrogen-bond acceptors (Lipinski definition) is 2. The Hall–Kier alpha value is -0.370. The number of rotatable bonds is 0. The Balaban J connectivity index is 2.60. The predicted molar refractivity (Wildman–Crippen MR) is 26.6 cm³/mol. The molecule has 6 heavy (non-hydrogen) atoms. The summed E-state index contributed by atoms with van der Waals surface area (Å²) in [5, 5.41) is 0. The quantitative estimate of drug-likeness (QED) is 0.317. The van der Waals surface area contributed by atoms with Gasteiger partial charge in [0.25, 0.3) is 0 Å². The summed E-state index contributed by atoms with van der Waals surface area (Å²) >= 11 is 5.32. The second-order valence-electron chi connectivity index (χ2n) is 0.907. The molecule has 0 unspecified atom stereocenters. The van der Waals surface area contributed by atoms with E-state index >= 15 is 0 Å². The number of aliphatic imine (C=N–C) groups is 2. The molecule has 1 heterocycles. The standard InChI is InChI=1S/C3H3ClN2/c4-3-5-1-2-6-3/h1-3H. The van der Waals surface area contributed by atoms with Gasteiger partial charge >= 0.3 is 0 Å². The van der Waals surface area contributed by atoms with Gasteiger partial charge in [-0.15, -0.1) is 0 Å². The maximum atomic E-state index is 5.32. The minimum Gasteiger partial charge on any atom is -0.250 e. The first-order valence-corrected chi connectivity index (χ1v) is 2.02. The fraction of sp³-hybridized carbons (Fsp3) is 0.333. The molecule has 0 N–H and O–H groups in total. The normalized spacial score (nSPS) is 20.2. The molecule has 32 valence electrons. The zero-order chi connectivity index (χ0) is 4.41. The van der Waals surface area contributed by atoms with E-state index in [1.165, 1.54) is 0 Å². The molecule has 0 aromatic carbocycles. The summed E-state index contributed by atoms with van der Waals surface area (Å²) in [6.45, 7) is 0. The van der Waals surface area contributed by atoms with Crippen molar-refractivity contribution in [2.24, 2.45) is 9.98 Å². The van der Waals surface area contributed by atoms with Crippen LogP contribution in [0.2, 0.25) is 0 Å². The Morgan fingerprint density at radius 2 is 1.83 bits per heavy atom. The summed E-state index contributed by atoms with van der Waals surface area (Å²) in [6.07, 6.45) is 3.16. The maximum Gasteiger partial charge on any atom is 0.214 e. The van der Waals surface area contributed by atoms with Crippen LogP contribution in [0.15, 0.2) is 9.98 Å². The van der Waals surface area contributed by atoms with E-state index < -0.39 is 0 Å². The van der Waals surface area contributed by atoms with Crippen LogP contribution in [0.25, 0.3) is 0 Å². The van der Waals surface area contributed by atoms with E-state index in [0.717, 1.165) is 0 Å². The van der Waals surface area contributed by atoms with Gasteiger partial charge in [-0.3, -0.25) is 0 Å². The smallest absolute Gasteiger partial charge is 0.214 e. The highest BCUT2D eigenvalue weighted by Crippen LogP contribution is 1.99. The molecule has 0 saturated carbocycles. The highest BCUT2D eigenvalue weighted by molar-refractivity contribution is 6.26. The molecule has 0 saturated heterocycles. The molecular formula is C3H3ClN2. The van der Waals surface area contributed by atoms with E-state index in [2.05, 4.69) is 9.98 Å². The van der Waals surface area contributed by atoms with Gasteiger partial charge < -0.3 is 0 Å². The molecule has 0 fully saturated rings. The zero-order valence-corrected chi connectivity index (χ0v) is 3.76. The van der Waals surface area contributed by atoms with Gasteiger partial charge in [0, 0.05) is 12.4 Å². The second-order valence-corrected chi connectivity index (χ2v) is 1.30. The Bertz CT molecular complexity index is 85.0. The monoisotopic (exact) mass is 102 g/mol. The molecule has 1 rings (SSSR count). The lowest BCUT2D eigenvalue weighted by Gasteiger charge is -1.81. The van der Waals surface area contributed by atoms with Crippen molar-refractivity contribution in [2.75, 3.05) is 0 Å². The predicted octanol–water partition coefficient (Wildman–Crippen LogP) is 0.664. The first-order chi connectivity index (χ1) is 2.89. The summed E-state index contributed by atoms with van der Waals surface area (Å²) in [6, 6.07) is 0. The van der Waals surface area contributed by atoms with Crippen molar-refractivity contribution in [3.8, 4) is 0 Å². The van der Waals surface area contributed by atoms with Crippen molar-refractivity contribution >= 4 is 24.0 Å². The first kappa shape index (κ1) is 3.81. The molecular weight excluding hydrogens is 99.5 g/mol. The maximum absolute atomic E-state index is 5.32. The van der Waals surface area contributed by atoms with Crippen molar-refractivity contribution in [2.45, 2.75) is 5.62 Å². The van der Waals surface area contributed by atoms with Gasteiger partial charge in [0.15, 0.2) is 0 Å². The molecule has 3 heteroatoms. The fourth-order valence-electron chi connectivity index (χ4n) is 0.258. The van der Waals surface area contributed by atoms with Gasteiger partial charge in [0.05, 0.1) is 0 Å². The van der Waals surface area contributed by atoms with Gasteiger partial charge in [-0.05, 0) is 0 Å².